The minimum Gasteiger partial charge on any atom is -0.328 e. The Balaban J connectivity index is 2.09. The lowest BCUT2D eigenvalue weighted by Gasteiger charge is -2.34. The van der Waals surface area contributed by atoms with E-state index in [4.69, 9.17) is 5.73 Å². The monoisotopic (exact) mass is 224 g/mol. The summed E-state index contributed by atoms with van der Waals surface area (Å²) in [6.45, 7) is 2.28. The highest BCUT2D eigenvalue weighted by Crippen LogP contribution is 2.39. The average Bonchev–Trinajstić information content (AvgIpc) is 2.74. The Labute approximate surface area is 96.1 Å². The van der Waals surface area contributed by atoms with Crippen LogP contribution in [0.15, 0.2) is 11.6 Å². The Morgan fingerprint density at radius 1 is 1.53 bits per heavy atom. The van der Waals surface area contributed by atoms with Crippen LogP contribution in [-0.4, -0.2) is 10.4 Å². The molecule has 1 fully saturated rings. The third kappa shape index (κ3) is 2.58. The SMILES string of the molecule is CCCC1CCC(N)CC1c1cnsc1. The van der Waals surface area contributed by atoms with Crippen molar-refractivity contribution in [3.63, 3.8) is 0 Å². The van der Waals surface area contributed by atoms with E-state index in [0.717, 1.165) is 12.3 Å². The van der Waals surface area contributed by atoms with E-state index in [-0.39, 0.29) is 0 Å². The fraction of sp³-hybridized carbons (Fsp3) is 0.750. The molecular weight excluding hydrogens is 204 g/mol. The first-order chi connectivity index (χ1) is 7.31. The van der Waals surface area contributed by atoms with Gasteiger partial charge in [-0.1, -0.05) is 19.8 Å². The van der Waals surface area contributed by atoms with Gasteiger partial charge in [-0.3, -0.25) is 0 Å². The van der Waals surface area contributed by atoms with E-state index < -0.39 is 0 Å². The molecule has 0 radical (unpaired) electrons. The van der Waals surface area contributed by atoms with Crippen LogP contribution in [0.2, 0.25) is 0 Å². The van der Waals surface area contributed by atoms with Crippen molar-refractivity contribution >= 4 is 11.5 Å². The van der Waals surface area contributed by atoms with E-state index in [1.807, 2.05) is 6.20 Å². The molecule has 2 rings (SSSR count). The van der Waals surface area contributed by atoms with Crippen LogP contribution < -0.4 is 5.73 Å². The highest BCUT2D eigenvalue weighted by Gasteiger charge is 2.29. The van der Waals surface area contributed by atoms with Crippen LogP contribution in [0.25, 0.3) is 0 Å². The minimum atomic E-state index is 0.406. The van der Waals surface area contributed by atoms with Crippen molar-refractivity contribution in [2.45, 2.75) is 51.0 Å². The fourth-order valence-electron chi connectivity index (χ4n) is 2.79. The quantitative estimate of drug-likeness (QED) is 0.856. The summed E-state index contributed by atoms with van der Waals surface area (Å²) in [7, 11) is 0. The van der Waals surface area contributed by atoms with Crippen LogP contribution in [0.4, 0.5) is 0 Å². The third-order valence-corrected chi connectivity index (χ3v) is 4.18. The summed E-state index contributed by atoms with van der Waals surface area (Å²) in [6, 6.07) is 0.406. The van der Waals surface area contributed by atoms with E-state index in [2.05, 4.69) is 16.7 Å². The van der Waals surface area contributed by atoms with Gasteiger partial charge < -0.3 is 5.73 Å². The lowest BCUT2D eigenvalue weighted by Crippen LogP contribution is -2.32. The summed E-state index contributed by atoms with van der Waals surface area (Å²) in [5.41, 5.74) is 7.50. The lowest BCUT2D eigenvalue weighted by atomic mass is 9.73. The van der Waals surface area contributed by atoms with Gasteiger partial charge in [0.15, 0.2) is 0 Å². The van der Waals surface area contributed by atoms with Crippen LogP contribution in [0.1, 0.15) is 50.5 Å². The van der Waals surface area contributed by atoms with Gasteiger partial charge in [-0.15, -0.1) is 0 Å². The highest BCUT2D eigenvalue weighted by molar-refractivity contribution is 7.03. The van der Waals surface area contributed by atoms with E-state index in [1.54, 1.807) is 11.5 Å². The summed E-state index contributed by atoms with van der Waals surface area (Å²) in [6.07, 6.45) is 8.33. The number of nitrogens with zero attached hydrogens (tertiary/aromatic N) is 1. The summed E-state index contributed by atoms with van der Waals surface area (Å²) in [5.74, 6) is 1.51. The van der Waals surface area contributed by atoms with Gasteiger partial charge in [-0.2, -0.15) is 0 Å². The summed E-state index contributed by atoms with van der Waals surface area (Å²) < 4.78 is 4.22. The minimum absolute atomic E-state index is 0.406. The molecule has 1 heterocycles. The van der Waals surface area contributed by atoms with E-state index in [0.29, 0.717) is 12.0 Å². The molecule has 2 nitrogen and oxygen atoms in total. The van der Waals surface area contributed by atoms with Crippen LogP contribution in [0.3, 0.4) is 0 Å². The Hall–Kier alpha value is -0.410. The zero-order chi connectivity index (χ0) is 10.7. The Kier molecular flexibility index (Phi) is 3.76. The van der Waals surface area contributed by atoms with Gasteiger partial charge in [0.1, 0.15) is 0 Å². The molecule has 1 saturated carbocycles. The normalized spacial score (nSPS) is 31.7. The third-order valence-electron chi connectivity index (χ3n) is 3.57. The molecule has 3 unspecified atom stereocenters. The predicted molar refractivity (Wildman–Crippen MR) is 65.1 cm³/mol. The predicted octanol–water partition coefficient (Wildman–Crippen LogP) is 3.15. The highest BCUT2D eigenvalue weighted by atomic mass is 32.1. The smallest absolute Gasteiger partial charge is 0.0441 e. The number of aromatic nitrogens is 1. The molecule has 0 bridgehead atoms. The Morgan fingerprint density at radius 2 is 2.40 bits per heavy atom. The van der Waals surface area contributed by atoms with Crippen molar-refractivity contribution in [2.24, 2.45) is 11.7 Å². The van der Waals surface area contributed by atoms with Gasteiger partial charge in [-0.25, -0.2) is 4.37 Å². The molecule has 3 heteroatoms. The molecule has 0 aliphatic heterocycles. The molecule has 1 aromatic rings. The van der Waals surface area contributed by atoms with Gasteiger partial charge >= 0.3 is 0 Å². The molecule has 2 N–H and O–H groups in total. The van der Waals surface area contributed by atoms with Gasteiger partial charge in [0, 0.05) is 17.6 Å². The molecular formula is C12H20N2S. The maximum absolute atomic E-state index is 6.07. The first kappa shape index (κ1) is 11.1. The first-order valence-electron chi connectivity index (χ1n) is 5.96. The number of rotatable bonds is 3. The number of hydrogen-bond acceptors (Lipinski definition) is 3. The molecule has 84 valence electrons. The summed E-state index contributed by atoms with van der Waals surface area (Å²) >= 11 is 1.56. The summed E-state index contributed by atoms with van der Waals surface area (Å²) in [5, 5.41) is 2.20. The Bertz CT molecular complexity index is 284. The van der Waals surface area contributed by atoms with Gasteiger partial charge in [0.2, 0.25) is 0 Å². The molecule has 0 amide bonds. The van der Waals surface area contributed by atoms with Crippen molar-refractivity contribution in [1.29, 1.82) is 0 Å². The molecule has 1 aliphatic carbocycles. The van der Waals surface area contributed by atoms with Crippen molar-refractivity contribution in [3.05, 3.63) is 17.1 Å². The maximum atomic E-state index is 6.07. The van der Waals surface area contributed by atoms with Crippen LogP contribution in [-0.2, 0) is 0 Å². The molecule has 1 aromatic heterocycles. The van der Waals surface area contributed by atoms with Crippen LogP contribution >= 0.6 is 11.5 Å². The van der Waals surface area contributed by atoms with E-state index in [9.17, 15) is 0 Å². The second-order valence-electron chi connectivity index (χ2n) is 4.69. The lowest BCUT2D eigenvalue weighted by molar-refractivity contribution is 0.265. The van der Waals surface area contributed by atoms with Gasteiger partial charge in [-0.05, 0) is 48.2 Å². The molecule has 1 aliphatic rings. The molecule has 0 spiro atoms. The van der Waals surface area contributed by atoms with Crippen LogP contribution in [0.5, 0.6) is 0 Å². The van der Waals surface area contributed by atoms with Crippen LogP contribution in [0, 0.1) is 5.92 Å². The van der Waals surface area contributed by atoms with Gasteiger partial charge in [0.25, 0.3) is 0 Å². The first-order valence-corrected chi connectivity index (χ1v) is 6.79. The average molecular weight is 224 g/mol. The van der Waals surface area contributed by atoms with E-state index >= 15 is 0 Å². The maximum Gasteiger partial charge on any atom is 0.0441 e. The topological polar surface area (TPSA) is 38.9 Å². The standard InChI is InChI=1S/C12H20N2S/c1-2-3-9-4-5-11(13)6-12(9)10-7-14-15-8-10/h7-9,11-12H,2-6,13H2,1H3. The number of nitrogens with two attached hydrogens (primary N) is 1. The van der Waals surface area contributed by atoms with E-state index in [1.165, 1.54) is 31.2 Å². The van der Waals surface area contributed by atoms with Crippen molar-refractivity contribution in [2.75, 3.05) is 0 Å². The zero-order valence-corrected chi connectivity index (χ0v) is 10.2. The van der Waals surface area contributed by atoms with Crippen molar-refractivity contribution in [1.82, 2.24) is 4.37 Å². The van der Waals surface area contributed by atoms with Gasteiger partial charge in [0.05, 0.1) is 0 Å². The van der Waals surface area contributed by atoms with Crippen molar-refractivity contribution < 1.29 is 0 Å². The Morgan fingerprint density at radius 3 is 3.07 bits per heavy atom. The molecule has 15 heavy (non-hydrogen) atoms. The largest absolute Gasteiger partial charge is 0.328 e. The second kappa shape index (κ2) is 5.08. The molecule has 0 aromatic carbocycles. The zero-order valence-electron chi connectivity index (χ0n) is 9.36. The molecule has 3 atom stereocenters. The number of hydrogen-bond donors (Lipinski definition) is 1. The van der Waals surface area contributed by atoms with Crippen molar-refractivity contribution in [3.8, 4) is 0 Å². The molecule has 0 saturated heterocycles. The fourth-order valence-corrected chi connectivity index (χ4v) is 3.39. The second-order valence-corrected chi connectivity index (χ2v) is 5.34. The summed E-state index contributed by atoms with van der Waals surface area (Å²) in [4.78, 5) is 0.